The zero-order valence-corrected chi connectivity index (χ0v) is 15.4. The number of nitrogens with one attached hydrogen (secondary N) is 1. The largest absolute Gasteiger partial charge is 0.325 e. The Bertz CT molecular complexity index is 972. The summed E-state index contributed by atoms with van der Waals surface area (Å²) in [4.78, 5) is 31.0. The van der Waals surface area contributed by atoms with Crippen LogP contribution in [-0.2, 0) is 17.8 Å². The van der Waals surface area contributed by atoms with E-state index in [-0.39, 0.29) is 18.0 Å². The Hall–Kier alpha value is -2.47. The maximum Gasteiger partial charge on any atom is 0.262 e. The Morgan fingerprint density at radius 3 is 2.84 bits per heavy atom. The van der Waals surface area contributed by atoms with Crippen LogP contribution < -0.4 is 10.9 Å². The predicted molar refractivity (Wildman–Crippen MR) is 102 cm³/mol. The second kappa shape index (κ2) is 7.19. The zero-order valence-electron chi connectivity index (χ0n) is 14.6. The van der Waals surface area contributed by atoms with Crippen LogP contribution in [-0.4, -0.2) is 15.5 Å². The lowest BCUT2D eigenvalue weighted by molar-refractivity contribution is -0.116. The fourth-order valence-corrected chi connectivity index (χ4v) is 3.55. The number of benzene rings is 1. The Morgan fingerprint density at radius 1 is 1.32 bits per heavy atom. The molecule has 0 aliphatic heterocycles. The summed E-state index contributed by atoms with van der Waals surface area (Å²) in [5.74, 6) is 0.146. The van der Waals surface area contributed by atoms with E-state index in [0.717, 1.165) is 27.4 Å². The summed E-state index contributed by atoms with van der Waals surface area (Å²) in [6, 6.07) is 9.63. The summed E-state index contributed by atoms with van der Waals surface area (Å²) in [6.07, 6.45) is 2.32. The molecule has 3 aromatic rings. The van der Waals surface area contributed by atoms with Crippen LogP contribution >= 0.6 is 11.3 Å². The highest BCUT2D eigenvalue weighted by Crippen LogP contribution is 2.21. The van der Waals surface area contributed by atoms with Gasteiger partial charge in [-0.3, -0.25) is 14.2 Å². The van der Waals surface area contributed by atoms with Crippen molar-refractivity contribution >= 4 is 33.1 Å². The summed E-state index contributed by atoms with van der Waals surface area (Å²) in [5.41, 5.74) is 1.72. The number of nitrogens with zero attached hydrogens (tertiary/aromatic N) is 2. The monoisotopic (exact) mass is 355 g/mol. The molecule has 2 aromatic heterocycles. The normalized spacial score (nSPS) is 11.2. The van der Waals surface area contributed by atoms with Crippen molar-refractivity contribution in [3.05, 3.63) is 57.5 Å². The fraction of sp³-hybridized carbons (Fsp3) is 0.316. The van der Waals surface area contributed by atoms with E-state index in [2.05, 4.69) is 24.1 Å². The van der Waals surface area contributed by atoms with Crippen LogP contribution in [0.25, 0.3) is 10.2 Å². The number of carbonyl (C=O) groups excluding carboxylic acids is 1. The SMILES string of the molecule is CCc1cc2c(=O)n(CC(=O)Nc3cccc(C(C)C)c3)cnc2s1. The van der Waals surface area contributed by atoms with Gasteiger partial charge in [0.2, 0.25) is 5.91 Å². The average Bonchev–Trinajstić information content (AvgIpc) is 3.02. The number of hydrogen-bond donors (Lipinski definition) is 1. The highest BCUT2D eigenvalue weighted by atomic mass is 32.1. The summed E-state index contributed by atoms with van der Waals surface area (Å²) in [7, 11) is 0. The van der Waals surface area contributed by atoms with Gasteiger partial charge in [0, 0.05) is 10.6 Å². The Kier molecular flexibility index (Phi) is 4.99. The number of hydrogen-bond acceptors (Lipinski definition) is 4. The van der Waals surface area contributed by atoms with Crippen molar-refractivity contribution in [2.24, 2.45) is 0 Å². The quantitative estimate of drug-likeness (QED) is 0.757. The molecule has 130 valence electrons. The predicted octanol–water partition coefficient (Wildman–Crippen LogP) is 3.78. The molecule has 25 heavy (non-hydrogen) atoms. The van der Waals surface area contributed by atoms with Crippen LogP contribution in [0.15, 0.2) is 41.5 Å². The van der Waals surface area contributed by atoms with E-state index in [4.69, 9.17) is 0 Å². The molecule has 0 saturated heterocycles. The van der Waals surface area contributed by atoms with Gasteiger partial charge >= 0.3 is 0 Å². The molecular formula is C19H21N3O2S. The van der Waals surface area contributed by atoms with Crippen molar-refractivity contribution in [1.82, 2.24) is 9.55 Å². The number of rotatable bonds is 5. The summed E-state index contributed by atoms with van der Waals surface area (Å²) in [5, 5.41) is 3.44. The molecule has 1 aromatic carbocycles. The van der Waals surface area contributed by atoms with Crippen LogP contribution in [0.4, 0.5) is 5.69 Å². The van der Waals surface area contributed by atoms with E-state index in [1.165, 1.54) is 22.2 Å². The first-order valence-corrected chi connectivity index (χ1v) is 9.17. The molecule has 0 aliphatic rings. The summed E-state index contributed by atoms with van der Waals surface area (Å²) < 4.78 is 1.36. The van der Waals surface area contributed by atoms with Crippen LogP contribution in [0.3, 0.4) is 0 Å². The van der Waals surface area contributed by atoms with E-state index >= 15 is 0 Å². The molecular weight excluding hydrogens is 334 g/mol. The smallest absolute Gasteiger partial charge is 0.262 e. The number of anilines is 1. The van der Waals surface area contributed by atoms with Crippen LogP contribution in [0.1, 0.15) is 37.1 Å². The lowest BCUT2D eigenvalue weighted by atomic mass is 10.0. The molecule has 6 heteroatoms. The van der Waals surface area contributed by atoms with Gasteiger partial charge in [-0.1, -0.05) is 32.9 Å². The minimum absolute atomic E-state index is 0.0506. The number of amides is 1. The first-order chi connectivity index (χ1) is 12.0. The minimum Gasteiger partial charge on any atom is -0.325 e. The molecule has 5 nitrogen and oxygen atoms in total. The number of fused-ring (bicyclic) bond motifs is 1. The molecule has 0 radical (unpaired) electrons. The molecule has 0 saturated carbocycles. The zero-order chi connectivity index (χ0) is 18.0. The van der Waals surface area contributed by atoms with E-state index in [0.29, 0.717) is 11.3 Å². The van der Waals surface area contributed by atoms with Gasteiger partial charge in [-0.2, -0.15) is 0 Å². The summed E-state index contributed by atoms with van der Waals surface area (Å²) >= 11 is 1.52. The van der Waals surface area contributed by atoms with Crippen molar-refractivity contribution in [3.63, 3.8) is 0 Å². The fourth-order valence-electron chi connectivity index (χ4n) is 2.63. The van der Waals surface area contributed by atoms with Gasteiger partial charge in [-0.05, 0) is 36.1 Å². The van der Waals surface area contributed by atoms with Crippen molar-refractivity contribution in [1.29, 1.82) is 0 Å². The average molecular weight is 355 g/mol. The van der Waals surface area contributed by atoms with E-state index in [1.807, 2.05) is 37.3 Å². The third-order valence-corrected chi connectivity index (χ3v) is 5.26. The third kappa shape index (κ3) is 3.79. The topological polar surface area (TPSA) is 64.0 Å². The summed E-state index contributed by atoms with van der Waals surface area (Å²) in [6.45, 7) is 6.20. The molecule has 0 bridgehead atoms. The number of aromatic nitrogens is 2. The molecule has 3 rings (SSSR count). The molecule has 0 aliphatic carbocycles. The highest BCUT2D eigenvalue weighted by molar-refractivity contribution is 7.18. The Labute approximate surface area is 150 Å². The van der Waals surface area contributed by atoms with Gasteiger partial charge in [0.25, 0.3) is 5.56 Å². The first-order valence-electron chi connectivity index (χ1n) is 8.35. The Morgan fingerprint density at radius 2 is 2.12 bits per heavy atom. The molecule has 1 N–H and O–H groups in total. The van der Waals surface area contributed by atoms with Crippen molar-refractivity contribution in [2.45, 2.75) is 39.7 Å². The van der Waals surface area contributed by atoms with Crippen molar-refractivity contribution in [3.8, 4) is 0 Å². The van der Waals surface area contributed by atoms with Crippen LogP contribution in [0.2, 0.25) is 0 Å². The lowest BCUT2D eigenvalue weighted by Gasteiger charge is -2.10. The van der Waals surface area contributed by atoms with E-state index in [1.54, 1.807) is 0 Å². The van der Waals surface area contributed by atoms with Gasteiger partial charge in [0.1, 0.15) is 11.4 Å². The third-order valence-electron chi connectivity index (χ3n) is 4.07. The van der Waals surface area contributed by atoms with Gasteiger partial charge in [0.05, 0.1) is 11.7 Å². The van der Waals surface area contributed by atoms with Gasteiger partial charge < -0.3 is 5.32 Å². The lowest BCUT2D eigenvalue weighted by Crippen LogP contribution is -2.27. The minimum atomic E-state index is -0.241. The second-order valence-corrected chi connectivity index (χ2v) is 7.41. The molecule has 0 spiro atoms. The van der Waals surface area contributed by atoms with E-state index < -0.39 is 0 Å². The van der Waals surface area contributed by atoms with Crippen LogP contribution in [0, 0.1) is 0 Å². The number of carbonyl (C=O) groups is 1. The van der Waals surface area contributed by atoms with Gasteiger partial charge in [-0.15, -0.1) is 11.3 Å². The first kappa shape index (κ1) is 17.4. The van der Waals surface area contributed by atoms with Crippen molar-refractivity contribution in [2.75, 3.05) is 5.32 Å². The maximum atomic E-state index is 12.5. The van der Waals surface area contributed by atoms with Crippen LogP contribution in [0.5, 0.6) is 0 Å². The highest BCUT2D eigenvalue weighted by Gasteiger charge is 2.11. The second-order valence-electron chi connectivity index (χ2n) is 6.29. The molecule has 0 fully saturated rings. The number of thiophene rings is 1. The van der Waals surface area contributed by atoms with Gasteiger partial charge in [0.15, 0.2) is 0 Å². The standard InChI is InChI=1S/C19H21N3O2S/c1-4-15-9-16-18(25-15)20-11-22(19(16)24)10-17(23)21-14-7-5-6-13(8-14)12(2)3/h5-9,11-12H,4,10H2,1-3H3,(H,21,23). The number of aryl methyl sites for hydroxylation is 1. The van der Waals surface area contributed by atoms with Crippen molar-refractivity contribution < 1.29 is 4.79 Å². The van der Waals surface area contributed by atoms with Gasteiger partial charge in [-0.25, -0.2) is 4.98 Å². The molecule has 0 atom stereocenters. The van der Waals surface area contributed by atoms with E-state index in [9.17, 15) is 9.59 Å². The molecule has 2 heterocycles. The maximum absolute atomic E-state index is 12.5. The Balaban J connectivity index is 1.79. The molecule has 0 unspecified atom stereocenters. The molecule has 1 amide bonds.